The van der Waals surface area contributed by atoms with Gasteiger partial charge in [-0.05, 0) is 30.3 Å². The Morgan fingerprint density at radius 2 is 1.66 bits per heavy atom. The summed E-state index contributed by atoms with van der Waals surface area (Å²) in [4.78, 5) is 32.1. The molecule has 38 heavy (non-hydrogen) atoms. The molecule has 14 heteroatoms. The zero-order valence-corrected chi connectivity index (χ0v) is 20.6. The van der Waals surface area contributed by atoms with Crippen LogP contribution < -0.4 is 15.3 Å². The molecule has 0 radical (unpaired) electrons. The van der Waals surface area contributed by atoms with Gasteiger partial charge in [-0.2, -0.15) is 13.2 Å². The van der Waals surface area contributed by atoms with E-state index >= 15 is 0 Å². The Balaban J connectivity index is 0.000000426. The molecule has 2 N–H and O–H groups in total. The van der Waals surface area contributed by atoms with Gasteiger partial charge in [0, 0.05) is 11.6 Å². The van der Waals surface area contributed by atoms with Crippen LogP contribution in [-0.2, 0) is 21.2 Å². The van der Waals surface area contributed by atoms with Gasteiger partial charge in [-0.3, -0.25) is 9.20 Å². The predicted molar refractivity (Wildman–Crippen MR) is 129 cm³/mol. The molecule has 3 aromatic heterocycles. The van der Waals surface area contributed by atoms with Gasteiger partial charge in [0.05, 0.1) is 35.6 Å². The maximum Gasteiger partial charge on any atom is 0.430 e. The standard InChI is InChI=1S/C22H21N5O3S.C2HF3O2/c28-22(25-20-9-8-16-5-1-2-6-17(16)23-20)21-24-18(19-7-3-4-10-27(19)21)15-26-11-13-31(29,30)14-12-26;3-2(4,5)1(6)7/h1-10H,11-15H2,(H,23,25,28);(H,6,7). The van der Waals surface area contributed by atoms with Gasteiger partial charge >= 0.3 is 6.18 Å². The summed E-state index contributed by atoms with van der Waals surface area (Å²) in [5.74, 6) is -2.22. The van der Waals surface area contributed by atoms with Crippen molar-refractivity contribution in [1.82, 2.24) is 14.4 Å². The second-order valence-corrected chi connectivity index (χ2v) is 10.8. The highest BCUT2D eigenvalue weighted by Crippen LogP contribution is 2.17. The number of quaternary nitrogens is 1. The zero-order valence-electron chi connectivity index (χ0n) is 19.7. The van der Waals surface area contributed by atoms with Crippen LogP contribution in [0.4, 0.5) is 19.0 Å². The minimum Gasteiger partial charge on any atom is -0.542 e. The molecular formula is C24H22F3N5O5S. The molecule has 0 spiro atoms. The first-order chi connectivity index (χ1) is 17.9. The molecule has 0 aliphatic carbocycles. The Morgan fingerprint density at radius 1 is 1.00 bits per heavy atom. The van der Waals surface area contributed by atoms with Gasteiger partial charge in [0.25, 0.3) is 5.91 Å². The van der Waals surface area contributed by atoms with E-state index in [1.807, 2.05) is 54.7 Å². The molecule has 0 saturated carbocycles. The number of hydrogen-bond acceptors (Lipinski definition) is 7. The summed E-state index contributed by atoms with van der Waals surface area (Å²) >= 11 is 0. The van der Waals surface area contributed by atoms with Crippen LogP contribution in [0.3, 0.4) is 0 Å². The molecule has 1 amide bonds. The molecule has 10 nitrogen and oxygen atoms in total. The Labute approximate surface area is 214 Å². The van der Waals surface area contributed by atoms with Gasteiger partial charge in [-0.1, -0.05) is 24.3 Å². The SMILES string of the molecule is O=C(Nc1ccc2ccccc2n1)c1nc(C[NH+]2CCS(=O)(=O)CC2)c2ccccn12.O=C([O-])C(F)(F)F. The largest absolute Gasteiger partial charge is 0.542 e. The second kappa shape index (κ2) is 10.8. The topological polar surface area (TPSA) is 138 Å². The van der Waals surface area contributed by atoms with Crippen LogP contribution in [-0.4, -0.2) is 65.4 Å². The molecule has 4 aromatic rings. The molecule has 1 fully saturated rings. The number of rotatable bonds is 4. The second-order valence-electron chi connectivity index (χ2n) is 8.55. The highest BCUT2D eigenvalue weighted by Gasteiger charge is 2.29. The third-order valence-electron chi connectivity index (χ3n) is 5.85. The molecule has 200 valence electrons. The minimum atomic E-state index is -5.19. The number of alkyl halides is 3. The van der Waals surface area contributed by atoms with Gasteiger partial charge in [0.2, 0.25) is 5.82 Å². The lowest BCUT2D eigenvalue weighted by Crippen LogP contribution is -3.13. The summed E-state index contributed by atoms with van der Waals surface area (Å²) in [7, 11) is -2.93. The van der Waals surface area contributed by atoms with E-state index in [1.54, 1.807) is 10.5 Å². The molecular weight excluding hydrogens is 527 g/mol. The van der Waals surface area contributed by atoms with E-state index in [0.29, 0.717) is 25.5 Å². The zero-order chi connectivity index (χ0) is 27.5. The number of halogens is 3. The van der Waals surface area contributed by atoms with Crippen molar-refractivity contribution in [3.63, 3.8) is 0 Å². The van der Waals surface area contributed by atoms with Crippen LogP contribution in [0.25, 0.3) is 16.4 Å². The van der Waals surface area contributed by atoms with Crippen LogP contribution in [0.1, 0.15) is 16.3 Å². The van der Waals surface area contributed by atoms with Gasteiger partial charge in [-0.25, -0.2) is 18.4 Å². The first kappa shape index (κ1) is 27.0. The number of fused-ring (bicyclic) bond motifs is 2. The lowest BCUT2D eigenvalue weighted by molar-refractivity contribution is -0.910. The van der Waals surface area contributed by atoms with Crippen LogP contribution in [0.5, 0.6) is 0 Å². The van der Waals surface area contributed by atoms with E-state index in [9.17, 15) is 26.4 Å². The number of benzene rings is 1. The summed E-state index contributed by atoms with van der Waals surface area (Å²) in [5, 5.41) is 12.6. The van der Waals surface area contributed by atoms with Crippen molar-refractivity contribution < 1.29 is 41.2 Å². The van der Waals surface area contributed by atoms with Crippen molar-refractivity contribution in [2.75, 3.05) is 29.9 Å². The number of aliphatic carboxylic acids is 1. The number of carbonyl (C=O) groups is 2. The van der Waals surface area contributed by atoms with Crippen molar-refractivity contribution in [1.29, 1.82) is 0 Å². The Morgan fingerprint density at radius 3 is 2.34 bits per heavy atom. The summed E-state index contributed by atoms with van der Waals surface area (Å²) in [6, 6.07) is 17.1. The quantitative estimate of drug-likeness (QED) is 0.372. The van der Waals surface area contributed by atoms with E-state index in [1.165, 1.54) is 0 Å². The number of sulfone groups is 1. The van der Waals surface area contributed by atoms with Crippen molar-refractivity contribution in [3.8, 4) is 0 Å². The summed E-state index contributed by atoms with van der Waals surface area (Å²) in [6.07, 6.45) is -3.38. The number of pyridine rings is 2. The van der Waals surface area contributed by atoms with E-state index in [0.717, 1.165) is 27.0 Å². The summed E-state index contributed by atoms with van der Waals surface area (Å²) in [6.45, 7) is 1.68. The normalized spacial score (nSPS) is 15.6. The number of para-hydroxylation sites is 1. The summed E-state index contributed by atoms with van der Waals surface area (Å²) < 4.78 is 56.8. The number of carboxylic acids is 1. The van der Waals surface area contributed by atoms with Gasteiger partial charge in [0.1, 0.15) is 24.0 Å². The minimum absolute atomic E-state index is 0.190. The molecule has 1 aliphatic heterocycles. The van der Waals surface area contributed by atoms with Crippen LogP contribution in [0.2, 0.25) is 0 Å². The summed E-state index contributed by atoms with van der Waals surface area (Å²) in [5.41, 5.74) is 2.43. The average molecular weight is 550 g/mol. The first-order valence-electron chi connectivity index (χ1n) is 11.4. The van der Waals surface area contributed by atoms with Crippen molar-refractivity contribution in [3.05, 3.63) is 72.3 Å². The highest BCUT2D eigenvalue weighted by atomic mass is 32.2. The van der Waals surface area contributed by atoms with E-state index in [-0.39, 0.29) is 23.2 Å². The third kappa shape index (κ3) is 6.44. The third-order valence-corrected chi connectivity index (χ3v) is 7.50. The maximum atomic E-state index is 13.0. The lowest BCUT2D eigenvalue weighted by atomic mass is 10.2. The molecule has 1 saturated heterocycles. The van der Waals surface area contributed by atoms with Gasteiger partial charge in [-0.15, -0.1) is 0 Å². The molecule has 0 unspecified atom stereocenters. The Hall–Kier alpha value is -4.04. The number of aromatic nitrogens is 3. The van der Waals surface area contributed by atoms with Gasteiger partial charge in [0.15, 0.2) is 9.84 Å². The van der Waals surface area contributed by atoms with Crippen LogP contribution >= 0.6 is 0 Å². The molecule has 0 bridgehead atoms. The lowest BCUT2D eigenvalue weighted by Gasteiger charge is -2.22. The van der Waals surface area contributed by atoms with Crippen molar-refractivity contribution in [2.45, 2.75) is 12.7 Å². The Bertz CT molecular complexity index is 1590. The van der Waals surface area contributed by atoms with Crippen LogP contribution in [0.15, 0.2) is 60.8 Å². The van der Waals surface area contributed by atoms with E-state index in [2.05, 4.69) is 15.3 Å². The average Bonchev–Trinajstić information content (AvgIpc) is 3.23. The van der Waals surface area contributed by atoms with E-state index in [4.69, 9.17) is 9.90 Å². The van der Waals surface area contributed by atoms with Gasteiger partial charge < -0.3 is 20.1 Å². The van der Waals surface area contributed by atoms with E-state index < -0.39 is 22.0 Å². The number of carbonyl (C=O) groups excluding carboxylic acids is 2. The monoisotopic (exact) mass is 549 g/mol. The predicted octanol–water partition coefficient (Wildman–Crippen LogP) is 0.247. The number of nitrogens with one attached hydrogen (secondary N) is 2. The number of imidazole rings is 1. The molecule has 4 heterocycles. The number of anilines is 1. The number of carboxylic acid groups (broad SMARTS) is 1. The number of nitrogens with zero attached hydrogens (tertiary/aromatic N) is 3. The molecule has 1 aromatic carbocycles. The highest BCUT2D eigenvalue weighted by molar-refractivity contribution is 7.91. The first-order valence-corrected chi connectivity index (χ1v) is 13.2. The van der Waals surface area contributed by atoms with Crippen LogP contribution in [0, 0.1) is 0 Å². The smallest absolute Gasteiger partial charge is 0.430 e. The van der Waals surface area contributed by atoms with Crippen molar-refractivity contribution >= 4 is 44.0 Å². The fourth-order valence-corrected chi connectivity index (χ4v) is 5.34. The number of hydrogen-bond donors (Lipinski definition) is 2. The van der Waals surface area contributed by atoms with Crippen molar-refractivity contribution in [2.24, 2.45) is 0 Å². The fourth-order valence-electron chi connectivity index (χ4n) is 3.94. The Kier molecular flexibility index (Phi) is 7.64. The maximum absolute atomic E-state index is 13.0. The molecule has 5 rings (SSSR count). The molecule has 1 aliphatic rings. The number of amides is 1. The fraction of sp³-hybridized carbons (Fsp3) is 0.250. The molecule has 0 atom stereocenters.